The molecule has 2 aromatic carbocycles. The SMILES string of the molecule is CCc1cc2c(C)cc(=O)oc2cc1OC(=O)C(NC(=O)OCc1ccccc1)C(C)CC. The van der Waals surface area contributed by atoms with Gasteiger partial charge in [-0.05, 0) is 42.0 Å². The van der Waals surface area contributed by atoms with E-state index in [2.05, 4.69) is 5.32 Å². The molecule has 1 aromatic heterocycles. The highest BCUT2D eigenvalue weighted by Gasteiger charge is 2.29. The molecule has 1 amide bonds. The average Bonchev–Trinajstić information content (AvgIpc) is 2.80. The second-order valence-corrected chi connectivity index (χ2v) is 8.05. The Morgan fingerprint density at radius 3 is 2.48 bits per heavy atom. The van der Waals surface area contributed by atoms with E-state index in [1.165, 1.54) is 6.07 Å². The lowest BCUT2D eigenvalue weighted by molar-refractivity contribution is -0.138. The maximum absolute atomic E-state index is 13.1. The number of alkyl carbamates (subject to hydrolysis) is 1. The van der Waals surface area contributed by atoms with Crippen LogP contribution in [-0.4, -0.2) is 18.1 Å². The number of nitrogens with one attached hydrogen (secondary N) is 1. The van der Waals surface area contributed by atoms with Crippen LogP contribution in [0.5, 0.6) is 5.75 Å². The minimum absolute atomic E-state index is 0.0952. The number of fused-ring (bicyclic) bond motifs is 1. The van der Waals surface area contributed by atoms with Gasteiger partial charge in [-0.25, -0.2) is 14.4 Å². The second-order valence-electron chi connectivity index (χ2n) is 8.05. The van der Waals surface area contributed by atoms with Crippen LogP contribution in [0.1, 0.15) is 43.9 Å². The molecule has 0 spiro atoms. The summed E-state index contributed by atoms with van der Waals surface area (Å²) in [6, 6.07) is 13.2. The Bertz CT molecular complexity index is 1180. The predicted octanol–water partition coefficient (Wildman–Crippen LogP) is 4.91. The van der Waals surface area contributed by atoms with Crippen LogP contribution in [0.15, 0.2) is 57.7 Å². The van der Waals surface area contributed by atoms with E-state index in [0.29, 0.717) is 24.2 Å². The van der Waals surface area contributed by atoms with Gasteiger partial charge in [0.2, 0.25) is 0 Å². The monoisotopic (exact) mass is 451 g/mol. The number of carbonyl (C=O) groups excluding carboxylic acids is 2. The Hall–Kier alpha value is -3.61. The molecule has 0 fully saturated rings. The number of carbonyl (C=O) groups is 2. The maximum Gasteiger partial charge on any atom is 0.408 e. The van der Waals surface area contributed by atoms with E-state index in [-0.39, 0.29) is 12.5 Å². The molecule has 0 aliphatic heterocycles. The van der Waals surface area contributed by atoms with Gasteiger partial charge in [-0.1, -0.05) is 57.5 Å². The molecule has 1 N–H and O–H groups in total. The first-order valence-corrected chi connectivity index (χ1v) is 11.1. The van der Waals surface area contributed by atoms with Crippen LogP contribution in [0.25, 0.3) is 11.0 Å². The lowest BCUT2D eigenvalue weighted by atomic mass is 9.99. The van der Waals surface area contributed by atoms with Crippen molar-refractivity contribution >= 4 is 23.0 Å². The molecule has 0 aliphatic carbocycles. The number of aryl methyl sites for hydroxylation is 2. The fourth-order valence-electron chi connectivity index (χ4n) is 3.50. The normalized spacial score (nSPS) is 12.7. The summed E-state index contributed by atoms with van der Waals surface area (Å²) < 4.78 is 16.3. The minimum Gasteiger partial charge on any atom is -0.445 e. The summed E-state index contributed by atoms with van der Waals surface area (Å²) in [4.78, 5) is 37.2. The first-order valence-electron chi connectivity index (χ1n) is 11.1. The molecule has 7 heteroatoms. The van der Waals surface area contributed by atoms with E-state index in [9.17, 15) is 14.4 Å². The molecule has 0 radical (unpaired) electrons. The summed E-state index contributed by atoms with van der Waals surface area (Å²) in [7, 11) is 0. The molecule has 174 valence electrons. The molecule has 0 aliphatic rings. The van der Waals surface area contributed by atoms with E-state index in [4.69, 9.17) is 13.9 Å². The predicted molar refractivity (Wildman–Crippen MR) is 125 cm³/mol. The van der Waals surface area contributed by atoms with Crippen molar-refractivity contribution in [3.8, 4) is 5.75 Å². The maximum atomic E-state index is 13.1. The lowest BCUT2D eigenvalue weighted by Gasteiger charge is -2.23. The van der Waals surface area contributed by atoms with Crippen molar-refractivity contribution in [3.63, 3.8) is 0 Å². The highest BCUT2D eigenvalue weighted by molar-refractivity contribution is 5.86. The Kier molecular flexibility index (Phi) is 7.87. The molecule has 2 unspecified atom stereocenters. The molecule has 1 heterocycles. The summed E-state index contributed by atoms with van der Waals surface area (Å²) in [6.45, 7) is 7.64. The molecule has 3 rings (SSSR count). The number of benzene rings is 2. The molecular weight excluding hydrogens is 422 g/mol. The zero-order valence-electron chi connectivity index (χ0n) is 19.3. The largest absolute Gasteiger partial charge is 0.445 e. The molecule has 0 bridgehead atoms. The smallest absolute Gasteiger partial charge is 0.408 e. The second kappa shape index (κ2) is 10.8. The summed E-state index contributed by atoms with van der Waals surface area (Å²) >= 11 is 0. The van der Waals surface area contributed by atoms with Gasteiger partial charge in [0.1, 0.15) is 24.0 Å². The van der Waals surface area contributed by atoms with Gasteiger partial charge < -0.3 is 19.2 Å². The van der Waals surface area contributed by atoms with E-state index < -0.39 is 23.7 Å². The molecule has 0 saturated carbocycles. The summed E-state index contributed by atoms with van der Waals surface area (Å²) in [5.41, 5.74) is 2.30. The van der Waals surface area contributed by atoms with Crippen LogP contribution in [0, 0.1) is 12.8 Å². The van der Waals surface area contributed by atoms with Crippen LogP contribution < -0.4 is 15.7 Å². The van der Waals surface area contributed by atoms with Crippen LogP contribution >= 0.6 is 0 Å². The quantitative estimate of drug-likeness (QED) is 0.297. The lowest BCUT2D eigenvalue weighted by Crippen LogP contribution is -2.47. The number of hydrogen-bond acceptors (Lipinski definition) is 6. The van der Waals surface area contributed by atoms with E-state index in [1.54, 1.807) is 6.07 Å². The number of hydrogen-bond donors (Lipinski definition) is 1. The Balaban J connectivity index is 1.78. The third kappa shape index (κ3) is 6.00. The summed E-state index contributed by atoms with van der Waals surface area (Å²) in [5.74, 6) is -0.492. The van der Waals surface area contributed by atoms with Crippen molar-refractivity contribution in [1.82, 2.24) is 5.32 Å². The molecule has 33 heavy (non-hydrogen) atoms. The summed E-state index contributed by atoms with van der Waals surface area (Å²) in [6.07, 6.45) is 0.556. The van der Waals surface area contributed by atoms with Gasteiger partial charge >= 0.3 is 17.7 Å². The first kappa shape index (κ1) is 24.0. The average molecular weight is 452 g/mol. The number of rotatable bonds is 8. The van der Waals surface area contributed by atoms with E-state index in [0.717, 1.165) is 22.1 Å². The minimum atomic E-state index is -0.900. The zero-order valence-corrected chi connectivity index (χ0v) is 19.3. The fraction of sp³-hybridized carbons (Fsp3) is 0.346. The van der Waals surface area contributed by atoms with Crippen molar-refractivity contribution in [1.29, 1.82) is 0 Å². The van der Waals surface area contributed by atoms with Gasteiger partial charge in [-0.3, -0.25) is 0 Å². The zero-order chi connectivity index (χ0) is 24.0. The Morgan fingerprint density at radius 2 is 1.82 bits per heavy atom. The summed E-state index contributed by atoms with van der Waals surface area (Å²) in [5, 5.41) is 3.43. The van der Waals surface area contributed by atoms with Crippen molar-refractivity contribution in [3.05, 3.63) is 75.6 Å². The van der Waals surface area contributed by atoms with Gasteiger partial charge in [-0.2, -0.15) is 0 Å². The van der Waals surface area contributed by atoms with Gasteiger partial charge in [0, 0.05) is 17.5 Å². The molecule has 0 saturated heterocycles. The Morgan fingerprint density at radius 1 is 1.09 bits per heavy atom. The standard InChI is InChI=1S/C26H29NO6/c1-5-16(3)24(27-26(30)31-15-18-10-8-7-9-11-18)25(29)33-21-14-22-20(13-19(21)6-2)17(4)12-23(28)32-22/h7-14,16,24H,5-6,15H2,1-4H3,(H,27,30). The molecular formula is C26H29NO6. The van der Waals surface area contributed by atoms with E-state index >= 15 is 0 Å². The molecule has 3 aromatic rings. The van der Waals surface area contributed by atoms with Crippen LogP contribution in [-0.2, 0) is 22.6 Å². The molecule has 2 atom stereocenters. The van der Waals surface area contributed by atoms with Crippen molar-refractivity contribution in [2.24, 2.45) is 5.92 Å². The van der Waals surface area contributed by atoms with Gasteiger partial charge in [0.15, 0.2) is 0 Å². The number of ether oxygens (including phenoxy) is 2. The third-order valence-corrected chi connectivity index (χ3v) is 5.68. The third-order valence-electron chi connectivity index (χ3n) is 5.68. The van der Waals surface area contributed by atoms with Crippen molar-refractivity contribution < 1.29 is 23.5 Å². The van der Waals surface area contributed by atoms with Gasteiger partial charge in [-0.15, -0.1) is 0 Å². The van der Waals surface area contributed by atoms with Crippen LogP contribution in [0.4, 0.5) is 4.79 Å². The Labute approximate surface area is 192 Å². The fourth-order valence-corrected chi connectivity index (χ4v) is 3.50. The van der Waals surface area contributed by atoms with Gasteiger partial charge in [0.25, 0.3) is 0 Å². The van der Waals surface area contributed by atoms with Gasteiger partial charge in [0.05, 0.1) is 0 Å². The van der Waals surface area contributed by atoms with Crippen molar-refractivity contribution in [2.75, 3.05) is 0 Å². The van der Waals surface area contributed by atoms with Crippen LogP contribution in [0.2, 0.25) is 0 Å². The van der Waals surface area contributed by atoms with E-state index in [1.807, 2.05) is 64.1 Å². The molecule has 7 nitrogen and oxygen atoms in total. The number of amides is 1. The highest BCUT2D eigenvalue weighted by atomic mass is 16.6. The van der Waals surface area contributed by atoms with Crippen molar-refractivity contribution in [2.45, 2.75) is 53.2 Å². The number of esters is 1. The van der Waals surface area contributed by atoms with Crippen LogP contribution in [0.3, 0.4) is 0 Å². The highest BCUT2D eigenvalue weighted by Crippen LogP contribution is 2.28. The first-order chi connectivity index (χ1) is 15.8. The topological polar surface area (TPSA) is 94.8 Å².